The Kier molecular flexibility index (Phi) is 6.15. The van der Waals surface area contributed by atoms with Crippen LogP contribution in [0.3, 0.4) is 0 Å². The van der Waals surface area contributed by atoms with Gasteiger partial charge in [-0.05, 0) is 57.2 Å². The second-order valence-corrected chi connectivity index (χ2v) is 7.52. The number of carboxylic acids is 1. The number of carboxylic acid groups (broad SMARTS) is 1. The summed E-state index contributed by atoms with van der Waals surface area (Å²) in [5.41, 5.74) is 2.07. The monoisotopic (exact) mass is 373 g/mol. The van der Waals surface area contributed by atoms with Gasteiger partial charge in [-0.25, -0.2) is 9.59 Å². The molecule has 0 fully saturated rings. The SMILES string of the molecule is CN(C)c1ccc(-n2cccc2CC(NC(=O)OC(C)(C)C)C(=O)O)cc1. The largest absolute Gasteiger partial charge is 0.480 e. The van der Waals surface area contributed by atoms with E-state index in [9.17, 15) is 14.7 Å². The fraction of sp³-hybridized carbons (Fsp3) is 0.400. The van der Waals surface area contributed by atoms with Crippen LogP contribution in [0.5, 0.6) is 0 Å². The molecule has 146 valence electrons. The van der Waals surface area contributed by atoms with Crippen molar-refractivity contribution in [3.8, 4) is 5.69 Å². The standard InChI is InChI=1S/C20H27N3O4/c1-20(2,3)27-19(26)21-17(18(24)25)13-16-7-6-12-23(16)15-10-8-14(9-11-15)22(4)5/h6-12,17H,13H2,1-5H3,(H,21,26)(H,24,25). The van der Waals surface area contributed by atoms with Crippen molar-refractivity contribution >= 4 is 17.7 Å². The van der Waals surface area contributed by atoms with Crippen LogP contribution in [-0.2, 0) is 16.0 Å². The van der Waals surface area contributed by atoms with Gasteiger partial charge in [-0.1, -0.05) is 0 Å². The van der Waals surface area contributed by atoms with Gasteiger partial charge in [-0.3, -0.25) is 0 Å². The molecule has 0 aliphatic carbocycles. The molecule has 27 heavy (non-hydrogen) atoms. The third-order valence-electron chi connectivity index (χ3n) is 3.88. The van der Waals surface area contributed by atoms with Gasteiger partial charge in [0.2, 0.25) is 0 Å². The molecule has 0 bridgehead atoms. The van der Waals surface area contributed by atoms with Crippen molar-refractivity contribution in [1.82, 2.24) is 9.88 Å². The molecule has 1 aromatic heterocycles. The van der Waals surface area contributed by atoms with Gasteiger partial charge in [-0.15, -0.1) is 0 Å². The molecule has 1 amide bonds. The van der Waals surface area contributed by atoms with Gasteiger partial charge in [0.1, 0.15) is 11.6 Å². The van der Waals surface area contributed by atoms with Gasteiger partial charge in [0.15, 0.2) is 0 Å². The van der Waals surface area contributed by atoms with Crippen LogP contribution in [0.25, 0.3) is 5.69 Å². The average Bonchev–Trinajstić information content (AvgIpc) is 3.00. The number of ether oxygens (including phenoxy) is 1. The van der Waals surface area contributed by atoms with Crippen molar-refractivity contribution in [2.24, 2.45) is 0 Å². The van der Waals surface area contributed by atoms with Gasteiger partial charge < -0.3 is 24.6 Å². The smallest absolute Gasteiger partial charge is 0.408 e. The lowest BCUT2D eigenvalue weighted by atomic mass is 10.1. The minimum absolute atomic E-state index is 0.136. The number of benzene rings is 1. The maximum Gasteiger partial charge on any atom is 0.408 e. The molecule has 1 atom stereocenters. The van der Waals surface area contributed by atoms with Crippen molar-refractivity contribution in [3.05, 3.63) is 48.3 Å². The van der Waals surface area contributed by atoms with Crippen LogP contribution in [0.2, 0.25) is 0 Å². The lowest BCUT2D eigenvalue weighted by Crippen LogP contribution is -2.44. The first-order valence-electron chi connectivity index (χ1n) is 8.73. The number of carbonyl (C=O) groups is 2. The number of aromatic nitrogens is 1. The third-order valence-corrected chi connectivity index (χ3v) is 3.88. The van der Waals surface area contributed by atoms with Crippen molar-refractivity contribution < 1.29 is 19.4 Å². The molecule has 2 aromatic rings. The molecule has 2 rings (SSSR count). The van der Waals surface area contributed by atoms with E-state index in [4.69, 9.17) is 4.74 Å². The van der Waals surface area contributed by atoms with Crippen LogP contribution < -0.4 is 10.2 Å². The van der Waals surface area contributed by atoms with Crippen molar-refractivity contribution in [1.29, 1.82) is 0 Å². The first kappa shape index (κ1) is 20.4. The van der Waals surface area contributed by atoms with Crippen LogP contribution >= 0.6 is 0 Å². The molecule has 1 heterocycles. The molecule has 7 nitrogen and oxygen atoms in total. The normalized spacial score (nSPS) is 12.3. The van der Waals surface area contributed by atoms with Crippen LogP contribution in [0.4, 0.5) is 10.5 Å². The van der Waals surface area contributed by atoms with E-state index in [1.807, 2.05) is 66.2 Å². The molecule has 0 aliphatic heterocycles. The molecule has 0 radical (unpaired) electrons. The Bertz CT molecular complexity index is 788. The minimum Gasteiger partial charge on any atom is -0.480 e. The Morgan fingerprint density at radius 3 is 2.33 bits per heavy atom. The lowest BCUT2D eigenvalue weighted by molar-refractivity contribution is -0.139. The number of carbonyl (C=O) groups excluding carboxylic acids is 1. The number of hydrogen-bond acceptors (Lipinski definition) is 4. The molecular weight excluding hydrogens is 346 g/mol. The Hall–Kier alpha value is -2.96. The lowest BCUT2D eigenvalue weighted by Gasteiger charge is -2.22. The number of hydrogen-bond donors (Lipinski definition) is 2. The van der Waals surface area contributed by atoms with E-state index in [1.54, 1.807) is 20.8 Å². The van der Waals surface area contributed by atoms with Crippen molar-refractivity contribution in [2.45, 2.75) is 38.8 Å². The summed E-state index contributed by atoms with van der Waals surface area (Å²) in [7, 11) is 3.94. The number of nitrogens with one attached hydrogen (secondary N) is 1. The van der Waals surface area contributed by atoms with Crippen LogP contribution in [0.15, 0.2) is 42.6 Å². The molecule has 1 unspecified atom stereocenters. The number of rotatable bonds is 6. The summed E-state index contributed by atoms with van der Waals surface area (Å²) in [6.07, 6.45) is 1.26. The molecule has 0 aliphatic rings. The van der Waals surface area contributed by atoms with E-state index in [-0.39, 0.29) is 6.42 Å². The molecular formula is C20H27N3O4. The second-order valence-electron chi connectivity index (χ2n) is 7.52. The quantitative estimate of drug-likeness (QED) is 0.813. The highest BCUT2D eigenvalue weighted by Crippen LogP contribution is 2.19. The first-order valence-corrected chi connectivity index (χ1v) is 8.73. The summed E-state index contributed by atoms with van der Waals surface area (Å²) in [4.78, 5) is 25.6. The predicted molar refractivity (Wildman–Crippen MR) is 105 cm³/mol. The fourth-order valence-electron chi connectivity index (χ4n) is 2.60. The minimum atomic E-state index is -1.11. The van der Waals surface area contributed by atoms with Gasteiger partial charge in [0, 0.05) is 43.8 Å². The Labute approximate surface area is 159 Å². The second kappa shape index (κ2) is 8.16. The topological polar surface area (TPSA) is 83.8 Å². The van der Waals surface area contributed by atoms with E-state index in [1.165, 1.54) is 0 Å². The van der Waals surface area contributed by atoms with Gasteiger partial charge in [0.05, 0.1) is 0 Å². The number of aliphatic carboxylic acids is 1. The maximum atomic E-state index is 12.0. The van der Waals surface area contributed by atoms with Crippen molar-refractivity contribution in [3.63, 3.8) is 0 Å². The maximum absolute atomic E-state index is 12.0. The van der Waals surface area contributed by atoms with Gasteiger partial charge in [-0.2, -0.15) is 0 Å². The summed E-state index contributed by atoms with van der Waals surface area (Å²) in [6, 6.07) is 10.5. The number of amides is 1. The molecule has 7 heteroatoms. The number of nitrogens with zero attached hydrogens (tertiary/aromatic N) is 2. The van der Waals surface area contributed by atoms with E-state index < -0.39 is 23.7 Å². The van der Waals surface area contributed by atoms with Crippen LogP contribution in [0.1, 0.15) is 26.5 Å². The van der Waals surface area contributed by atoms with Gasteiger partial charge >= 0.3 is 12.1 Å². The Morgan fingerprint density at radius 1 is 1.19 bits per heavy atom. The fourth-order valence-corrected chi connectivity index (χ4v) is 2.60. The van der Waals surface area contributed by atoms with Crippen LogP contribution in [0, 0.1) is 0 Å². The van der Waals surface area contributed by atoms with E-state index in [2.05, 4.69) is 5.32 Å². The highest BCUT2D eigenvalue weighted by molar-refractivity contribution is 5.80. The van der Waals surface area contributed by atoms with E-state index in [0.717, 1.165) is 17.1 Å². The Balaban J connectivity index is 2.17. The highest BCUT2D eigenvalue weighted by Gasteiger charge is 2.25. The molecule has 2 N–H and O–H groups in total. The number of alkyl carbamates (subject to hydrolysis) is 1. The zero-order valence-electron chi connectivity index (χ0n) is 16.4. The molecule has 1 aromatic carbocycles. The van der Waals surface area contributed by atoms with E-state index in [0.29, 0.717) is 0 Å². The highest BCUT2D eigenvalue weighted by atomic mass is 16.6. The summed E-state index contributed by atoms with van der Waals surface area (Å²) >= 11 is 0. The zero-order valence-corrected chi connectivity index (χ0v) is 16.4. The predicted octanol–water partition coefficient (Wildman–Crippen LogP) is 3.06. The molecule has 0 saturated carbocycles. The number of anilines is 1. The summed E-state index contributed by atoms with van der Waals surface area (Å²) in [5, 5.41) is 11.9. The summed E-state index contributed by atoms with van der Waals surface area (Å²) in [5.74, 6) is -1.11. The first-order chi connectivity index (χ1) is 12.6. The van der Waals surface area contributed by atoms with E-state index >= 15 is 0 Å². The molecule has 0 spiro atoms. The third kappa shape index (κ3) is 5.77. The average molecular weight is 373 g/mol. The van der Waals surface area contributed by atoms with Crippen molar-refractivity contribution in [2.75, 3.05) is 19.0 Å². The summed E-state index contributed by atoms with van der Waals surface area (Å²) in [6.45, 7) is 5.18. The Morgan fingerprint density at radius 2 is 1.81 bits per heavy atom. The van der Waals surface area contributed by atoms with Crippen LogP contribution in [-0.4, -0.2) is 47.5 Å². The zero-order chi connectivity index (χ0) is 20.2. The molecule has 0 saturated heterocycles. The summed E-state index contributed by atoms with van der Waals surface area (Å²) < 4.78 is 7.07. The van der Waals surface area contributed by atoms with Gasteiger partial charge in [0.25, 0.3) is 0 Å².